The average Bonchev–Trinajstić information content (AvgIpc) is 3.53. The highest BCUT2D eigenvalue weighted by atomic mass is 35.5. The molecule has 1 aliphatic rings. The summed E-state index contributed by atoms with van der Waals surface area (Å²) >= 11 is 6.22. The highest BCUT2D eigenvalue weighted by molar-refractivity contribution is 6.30. The Balaban J connectivity index is 1.42. The monoisotopic (exact) mass is 661 g/mol. The largest absolute Gasteiger partial charge is 0.493 e. The maximum Gasteiger partial charge on any atom is 0.410 e. The van der Waals surface area contributed by atoms with Gasteiger partial charge in [-0.25, -0.2) is 9.78 Å². The van der Waals surface area contributed by atoms with Crippen LogP contribution in [0.2, 0.25) is 5.02 Å². The highest BCUT2D eigenvalue weighted by Gasteiger charge is 2.34. The summed E-state index contributed by atoms with van der Waals surface area (Å²) < 4.78 is 16.8. The van der Waals surface area contributed by atoms with Gasteiger partial charge in [-0.15, -0.1) is 0 Å². The molecule has 3 heterocycles. The number of fused-ring (bicyclic) bond motifs is 1. The number of hydrogen-bond donors (Lipinski definition) is 1. The Morgan fingerprint density at radius 2 is 1.66 bits per heavy atom. The zero-order valence-corrected chi connectivity index (χ0v) is 28.9. The van der Waals surface area contributed by atoms with Crippen molar-refractivity contribution in [3.05, 3.63) is 71.5 Å². The van der Waals surface area contributed by atoms with Crippen molar-refractivity contribution in [1.29, 1.82) is 0 Å². The third-order valence-electron chi connectivity index (χ3n) is 8.36. The number of anilines is 1. The van der Waals surface area contributed by atoms with Crippen LogP contribution < -0.4 is 14.4 Å². The Hall–Kier alpha value is -4.44. The summed E-state index contributed by atoms with van der Waals surface area (Å²) in [6.07, 6.45) is 3.32. The molecule has 0 aliphatic carbocycles. The Morgan fingerprint density at radius 1 is 0.979 bits per heavy atom. The minimum atomic E-state index is -0.659. The van der Waals surface area contributed by atoms with Crippen molar-refractivity contribution < 1.29 is 23.8 Å². The van der Waals surface area contributed by atoms with Crippen molar-refractivity contribution in [1.82, 2.24) is 19.8 Å². The Labute approximate surface area is 281 Å². The molecule has 2 aromatic carbocycles. The standard InChI is InChI=1S/C36H44ClN5O5/c1-23(2)42(35(44)47-36(3,4)5)22-29(24-8-11-26(37)12-9-24)34(43)41-18-16-40(17-19-41)32-27-14-15-38-33(27)39-21-28(32)25-10-13-30(45-6)31(20-25)46-7/h8-15,20-21,23,29H,16-19,22H2,1-7H3,(H,38,39). The van der Waals surface area contributed by atoms with Gasteiger partial charge in [0.25, 0.3) is 0 Å². The molecule has 1 atom stereocenters. The van der Waals surface area contributed by atoms with E-state index in [1.54, 1.807) is 31.3 Å². The van der Waals surface area contributed by atoms with E-state index in [4.69, 9.17) is 25.8 Å². The molecule has 4 aromatic rings. The number of hydrogen-bond acceptors (Lipinski definition) is 7. The first-order valence-electron chi connectivity index (χ1n) is 15.9. The van der Waals surface area contributed by atoms with E-state index in [0.717, 1.165) is 33.4 Å². The first kappa shape index (κ1) is 33.9. The molecule has 5 rings (SSSR count). The summed E-state index contributed by atoms with van der Waals surface area (Å²) in [5.41, 5.74) is 3.89. The molecule has 0 radical (unpaired) electrons. The van der Waals surface area contributed by atoms with Gasteiger partial charge in [-0.2, -0.15) is 0 Å². The second kappa shape index (κ2) is 14.1. The lowest BCUT2D eigenvalue weighted by Gasteiger charge is -2.39. The molecule has 11 heteroatoms. The maximum absolute atomic E-state index is 14.3. The summed E-state index contributed by atoms with van der Waals surface area (Å²) in [5, 5.41) is 1.58. The molecule has 0 saturated carbocycles. The molecular weight excluding hydrogens is 618 g/mol. The number of aromatic amines is 1. The normalized spacial score (nSPS) is 14.3. The van der Waals surface area contributed by atoms with Crippen LogP contribution in [0.4, 0.5) is 10.5 Å². The van der Waals surface area contributed by atoms with E-state index in [0.29, 0.717) is 42.7 Å². The lowest BCUT2D eigenvalue weighted by Crippen LogP contribution is -2.52. The van der Waals surface area contributed by atoms with Crippen LogP contribution in [0.15, 0.2) is 60.9 Å². The van der Waals surface area contributed by atoms with Gasteiger partial charge < -0.3 is 33.9 Å². The molecule has 1 fully saturated rings. The number of piperazine rings is 1. The number of nitrogens with one attached hydrogen (secondary N) is 1. The number of nitrogens with zero attached hydrogens (tertiary/aromatic N) is 4. The summed E-state index contributed by atoms with van der Waals surface area (Å²) in [6.45, 7) is 11.8. The molecule has 1 N–H and O–H groups in total. The smallest absolute Gasteiger partial charge is 0.410 e. The third kappa shape index (κ3) is 7.59. The fourth-order valence-electron chi connectivity index (χ4n) is 5.95. The molecule has 250 valence electrons. The van der Waals surface area contributed by atoms with Crippen LogP contribution in [0.1, 0.15) is 46.1 Å². The number of aromatic nitrogens is 2. The number of benzene rings is 2. The van der Waals surface area contributed by atoms with Gasteiger partial charge in [0, 0.05) is 67.1 Å². The van der Waals surface area contributed by atoms with Crippen molar-refractivity contribution in [3.63, 3.8) is 0 Å². The average molecular weight is 662 g/mol. The van der Waals surface area contributed by atoms with Crippen molar-refractivity contribution in [2.24, 2.45) is 0 Å². The number of halogens is 1. The molecule has 47 heavy (non-hydrogen) atoms. The SMILES string of the molecule is COc1ccc(-c2cnc3[nH]ccc3c2N2CCN(C(=O)C(CN(C(=O)OC(C)(C)C)C(C)C)c3ccc(Cl)cc3)CC2)cc1OC. The Kier molecular flexibility index (Phi) is 10.2. The van der Waals surface area contributed by atoms with Crippen molar-refractivity contribution in [3.8, 4) is 22.6 Å². The van der Waals surface area contributed by atoms with Gasteiger partial charge in [0.2, 0.25) is 5.91 Å². The van der Waals surface area contributed by atoms with Gasteiger partial charge >= 0.3 is 6.09 Å². The number of rotatable bonds is 9. The number of pyridine rings is 1. The predicted molar refractivity (Wildman–Crippen MR) is 186 cm³/mol. The lowest BCUT2D eigenvalue weighted by molar-refractivity contribution is -0.133. The Bertz CT molecular complexity index is 1710. The zero-order chi connectivity index (χ0) is 33.9. The van der Waals surface area contributed by atoms with Gasteiger partial charge in [-0.3, -0.25) is 4.79 Å². The van der Waals surface area contributed by atoms with Crippen LogP contribution in [0.25, 0.3) is 22.2 Å². The van der Waals surface area contributed by atoms with E-state index < -0.39 is 17.6 Å². The Morgan fingerprint density at radius 3 is 2.28 bits per heavy atom. The maximum atomic E-state index is 14.3. The molecule has 1 saturated heterocycles. The molecule has 1 unspecified atom stereocenters. The number of carbonyl (C=O) groups is 2. The molecule has 10 nitrogen and oxygen atoms in total. The van der Waals surface area contributed by atoms with E-state index in [2.05, 4.69) is 14.9 Å². The molecule has 2 amide bonds. The van der Waals surface area contributed by atoms with E-state index in [9.17, 15) is 9.59 Å². The minimum absolute atomic E-state index is 0.0391. The van der Waals surface area contributed by atoms with Gasteiger partial charge in [-0.05, 0) is 76.1 Å². The second-order valence-corrected chi connectivity index (χ2v) is 13.4. The van der Waals surface area contributed by atoms with E-state index in [1.807, 2.05) is 88.3 Å². The topological polar surface area (TPSA) is 100 Å². The summed E-state index contributed by atoms with van der Waals surface area (Å²) in [6, 6.07) is 15.0. The first-order valence-corrected chi connectivity index (χ1v) is 16.2. The first-order chi connectivity index (χ1) is 22.4. The highest BCUT2D eigenvalue weighted by Crippen LogP contribution is 2.40. The van der Waals surface area contributed by atoms with Crippen LogP contribution in [0.3, 0.4) is 0 Å². The molecule has 2 aromatic heterocycles. The van der Waals surface area contributed by atoms with Gasteiger partial charge in [0.05, 0.1) is 25.8 Å². The van der Waals surface area contributed by atoms with Gasteiger partial charge in [0.1, 0.15) is 11.2 Å². The number of methoxy groups -OCH3 is 2. The molecular formula is C36H44ClN5O5. The van der Waals surface area contributed by atoms with E-state index in [-0.39, 0.29) is 18.5 Å². The predicted octanol–water partition coefficient (Wildman–Crippen LogP) is 6.98. The number of H-pyrrole nitrogens is 1. The van der Waals surface area contributed by atoms with Crippen LogP contribution in [0, 0.1) is 0 Å². The van der Waals surface area contributed by atoms with Gasteiger partial charge in [0.15, 0.2) is 11.5 Å². The fraction of sp³-hybridized carbons (Fsp3) is 0.417. The number of carbonyl (C=O) groups excluding carboxylic acids is 2. The molecule has 1 aliphatic heterocycles. The van der Waals surface area contributed by atoms with Gasteiger partial charge in [-0.1, -0.05) is 29.8 Å². The van der Waals surface area contributed by atoms with Crippen molar-refractivity contribution in [2.75, 3.05) is 51.8 Å². The lowest BCUT2D eigenvalue weighted by atomic mass is 9.95. The zero-order valence-electron chi connectivity index (χ0n) is 28.2. The number of ether oxygens (including phenoxy) is 3. The molecule has 0 bridgehead atoms. The third-order valence-corrected chi connectivity index (χ3v) is 8.61. The summed E-state index contributed by atoms with van der Waals surface area (Å²) in [5.74, 6) is 0.658. The second-order valence-electron chi connectivity index (χ2n) is 13.0. The van der Waals surface area contributed by atoms with Crippen LogP contribution in [-0.2, 0) is 9.53 Å². The number of amides is 2. The summed E-state index contributed by atoms with van der Waals surface area (Å²) in [4.78, 5) is 41.4. The van der Waals surface area contributed by atoms with Crippen LogP contribution >= 0.6 is 11.6 Å². The minimum Gasteiger partial charge on any atom is -0.493 e. The van der Waals surface area contributed by atoms with Crippen LogP contribution in [0.5, 0.6) is 11.5 Å². The van der Waals surface area contributed by atoms with E-state index >= 15 is 0 Å². The van der Waals surface area contributed by atoms with Crippen LogP contribution in [-0.4, -0.2) is 90.4 Å². The van der Waals surface area contributed by atoms with Crippen molar-refractivity contribution in [2.45, 2.75) is 52.2 Å². The fourth-order valence-corrected chi connectivity index (χ4v) is 6.08. The summed E-state index contributed by atoms with van der Waals surface area (Å²) in [7, 11) is 3.24. The van der Waals surface area contributed by atoms with Crippen molar-refractivity contribution >= 4 is 40.3 Å². The molecule has 0 spiro atoms. The quantitative estimate of drug-likeness (QED) is 0.207. The van der Waals surface area contributed by atoms with E-state index in [1.165, 1.54) is 0 Å².